The Bertz CT molecular complexity index is 562. The molecule has 0 unspecified atom stereocenters. The number of likely N-dealkylation sites (N-methyl/N-ethyl adjacent to an activating group) is 1. The number of benzene rings is 1. The quantitative estimate of drug-likeness (QED) is 0.883. The van der Waals surface area contributed by atoms with Crippen LogP contribution in [0.3, 0.4) is 0 Å². The van der Waals surface area contributed by atoms with Gasteiger partial charge in [0.2, 0.25) is 5.91 Å². The first-order valence-corrected chi connectivity index (χ1v) is 6.91. The van der Waals surface area contributed by atoms with Gasteiger partial charge in [-0.15, -0.1) is 0 Å². The topological polar surface area (TPSA) is 85.2 Å². The summed E-state index contributed by atoms with van der Waals surface area (Å²) in [5.41, 5.74) is 1.56. The molecule has 6 heteroatoms. The molecule has 0 radical (unpaired) electrons. The Morgan fingerprint density at radius 3 is 2.71 bits per heavy atom. The van der Waals surface area contributed by atoms with Crippen molar-refractivity contribution in [1.82, 2.24) is 10.2 Å². The number of hydrogen-bond donors (Lipinski definition) is 2. The van der Waals surface area contributed by atoms with E-state index in [1.54, 1.807) is 36.2 Å². The summed E-state index contributed by atoms with van der Waals surface area (Å²) in [5.74, 6) is -0.132. The van der Waals surface area contributed by atoms with Crippen LogP contribution in [0.25, 0.3) is 0 Å². The van der Waals surface area contributed by atoms with Crippen LogP contribution in [0, 0.1) is 11.3 Å². The van der Waals surface area contributed by atoms with Crippen molar-refractivity contribution in [2.75, 3.05) is 18.9 Å². The van der Waals surface area contributed by atoms with Crippen molar-refractivity contribution >= 4 is 17.6 Å². The minimum absolute atomic E-state index is 0.132. The number of amides is 3. The van der Waals surface area contributed by atoms with Crippen molar-refractivity contribution in [3.8, 4) is 6.07 Å². The third-order valence-electron chi connectivity index (χ3n) is 3.55. The molecular formula is C15H18N4O2. The minimum atomic E-state index is -0.395. The van der Waals surface area contributed by atoms with Crippen LogP contribution in [0.5, 0.6) is 0 Å². The summed E-state index contributed by atoms with van der Waals surface area (Å²) in [7, 11) is 1.57. The summed E-state index contributed by atoms with van der Waals surface area (Å²) < 4.78 is 0. The van der Waals surface area contributed by atoms with E-state index in [0.717, 1.165) is 12.0 Å². The van der Waals surface area contributed by atoms with Gasteiger partial charge < -0.3 is 15.5 Å². The maximum absolute atomic E-state index is 12.2. The van der Waals surface area contributed by atoms with Gasteiger partial charge in [0.25, 0.3) is 0 Å². The van der Waals surface area contributed by atoms with E-state index in [2.05, 4.69) is 16.7 Å². The molecule has 0 aromatic heterocycles. The van der Waals surface area contributed by atoms with Crippen molar-refractivity contribution in [1.29, 1.82) is 5.26 Å². The average Bonchev–Trinajstić information content (AvgIpc) is 2.98. The van der Waals surface area contributed by atoms with Gasteiger partial charge in [-0.25, -0.2) is 4.79 Å². The molecule has 6 nitrogen and oxygen atoms in total. The lowest BCUT2D eigenvalue weighted by Gasteiger charge is -2.23. The number of nitrogens with zero attached hydrogens (tertiary/aromatic N) is 2. The zero-order valence-electron chi connectivity index (χ0n) is 11.9. The molecule has 0 bridgehead atoms. The summed E-state index contributed by atoms with van der Waals surface area (Å²) in [6.07, 6.45) is 1.86. The maximum atomic E-state index is 12.2. The van der Waals surface area contributed by atoms with Crippen LogP contribution in [0.4, 0.5) is 10.5 Å². The summed E-state index contributed by atoms with van der Waals surface area (Å²) in [6, 6.07) is 8.54. The molecule has 1 saturated heterocycles. The maximum Gasteiger partial charge on any atom is 0.322 e. The molecule has 0 aliphatic carbocycles. The summed E-state index contributed by atoms with van der Waals surface area (Å²) in [6.45, 7) is 0.580. The molecule has 1 aromatic rings. The highest BCUT2D eigenvalue weighted by Crippen LogP contribution is 2.19. The van der Waals surface area contributed by atoms with Crippen LogP contribution < -0.4 is 10.6 Å². The molecule has 0 saturated carbocycles. The number of nitrogens with one attached hydrogen (secondary N) is 2. The fourth-order valence-electron chi connectivity index (χ4n) is 2.44. The highest BCUT2D eigenvalue weighted by Gasteiger charge is 2.33. The Morgan fingerprint density at radius 1 is 1.38 bits per heavy atom. The number of carbonyl (C=O) groups is 2. The first kappa shape index (κ1) is 14.9. The number of urea groups is 1. The molecule has 3 amide bonds. The fourth-order valence-corrected chi connectivity index (χ4v) is 2.44. The van der Waals surface area contributed by atoms with Gasteiger partial charge in [0.05, 0.1) is 12.5 Å². The number of hydrogen-bond acceptors (Lipinski definition) is 3. The third kappa shape index (κ3) is 3.51. The van der Waals surface area contributed by atoms with Crippen LogP contribution in [0.2, 0.25) is 0 Å². The normalized spacial score (nSPS) is 17.1. The van der Waals surface area contributed by atoms with E-state index in [1.807, 2.05) is 0 Å². The molecule has 2 N–H and O–H groups in total. The molecule has 1 aliphatic heterocycles. The van der Waals surface area contributed by atoms with E-state index in [0.29, 0.717) is 25.1 Å². The number of anilines is 1. The smallest absolute Gasteiger partial charge is 0.322 e. The summed E-state index contributed by atoms with van der Waals surface area (Å²) in [4.78, 5) is 25.5. The summed E-state index contributed by atoms with van der Waals surface area (Å²) in [5, 5.41) is 14.0. The first-order chi connectivity index (χ1) is 10.2. The van der Waals surface area contributed by atoms with Crippen molar-refractivity contribution in [3.05, 3.63) is 29.8 Å². The average molecular weight is 286 g/mol. The molecule has 1 fully saturated rings. The lowest BCUT2D eigenvalue weighted by Crippen LogP contribution is -2.46. The Kier molecular flexibility index (Phi) is 4.77. The lowest BCUT2D eigenvalue weighted by atomic mass is 10.1. The number of likely N-dealkylation sites (tertiary alicyclic amines) is 1. The lowest BCUT2D eigenvalue weighted by molar-refractivity contribution is -0.124. The second-order valence-electron chi connectivity index (χ2n) is 4.93. The number of nitriles is 1. The van der Waals surface area contributed by atoms with E-state index in [4.69, 9.17) is 5.26 Å². The molecule has 1 heterocycles. The van der Waals surface area contributed by atoms with Crippen LogP contribution >= 0.6 is 0 Å². The zero-order chi connectivity index (χ0) is 15.2. The van der Waals surface area contributed by atoms with E-state index in [-0.39, 0.29) is 11.9 Å². The molecule has 1 aromatic carbocycles. The molecular weight excluding hydrogens is 268 g/mol. The van der Waals surface area contributed by atoms with Gasteiger partial charge in [0, 0.05) is 19.3 Å². The van der Waals surface area contributed by atoms with Gasteiger partial charge >= 0.3 is 6.03 Å². The molecule has 2 rings (SSSR count). The fraction of sp³-hybridized carbons (Fsp3) is 0.400. The van der Waals surface area contributed by atoms with Crippen LogP contribution in [0.1, 0.15) is 18.4 Å². The van der Waals surface area contributed by atoms with E-state index in [9.17, 15) is 9.59 Å². The second kappa shape index (κ2) is 6.75. The van der Waals surface area contributed by atoms with Crippen molar-refractivity contribution in [3.63, 3.8) is 0 Å². The van der Waals surface area contributed by atoms with Gasteiger partial charge in [-0.05, 0) is 30.5 Å². The van der Waals surface area contributed by atoms with E-state index in [1.165, 1.54) is 0 Å². The van der Waals surface area contributed by atoms with Crippen LogP contribution in [-0.2, 0) is 11.2 Å². The van der Waals surface area contributed by atoms with Gasteiger partial charge in [0.1, 0.15) is 6.04 Å². The molecule has 1 aliphatic rings. The predicted octanol–water partition coefficient (Wildman–Crippen LogP) is 1.49. The van der Waals surface area contributed by atoms with E-state index >= 15 is 0 Å². The highest BCUT2D eigenvalue weighted by atomic mass is 16.2. The Morgan fingerprint density at radius 2 is 2.10 bits per heavy atom. The Hall–Kier alpha value is -2.55. The largest absolute Gasteiger partial charge is 0.357 e. The molecule has 21 heavy (non-hydrogen) atoms. The SMILES string of the molecule is CNC(=O)[C@@H]1CCCN1C(=O)Nc1ccc(CC#N)cc1. The first-order valence-electron chi connectivity index (χ1n) is 6.91. The van der Waals surface area contributed by atoms with Gasteiger partial charge in [-0.1, -0.05) is 12.1 Å². The number of rotatable bonds is 3. The minimum Gasteiger partial charge on any atom is -0.357 e. The number of carbonyl (C=O) groups excluding carboxylic acids is 2. The predicted molar refractivity (Wildman–Crippen MR) is 78.6 cm³/mol. The van der Waals surface area contributed by atoms with Gasteiger partial charge in [-0.2, -0.15) is 5.26 Å². The standard InChI is InChI=1S/C15H18N4O2/c1-17-14(20)13-3-2-10-19(13)15(21)18-12-6-4-11(5-7-12)8-9-16/h4-7,13H,2-3,8,10H2,1H3,(H,17,20)(H,18,21)/t13-/m0/s1. The summed E-state index contributed by atoms with van der Waals surface area (Å²) >= 11 is 0. The molecule has 0 spiro atoms. The van der Waals surface area contributed by atoms with Crippen molar-refractivity contribution in [2.24, 2.45) is 0 Å². The van der Waals surface area contributed by atoms with E-state index < -0.39 is 6.04 Å². The Balaban J connectivity index is 2.00. The Labute approximate surface area is 123 Å². The third-order valence-corrected chi connectivity index (χ3v) is 3.55. The molecule has 1 atom stereocenters. The highest BCUT2D eigenvalue weighted by molar-refractivity contribution is 5.94. The van der Waals surface area contributed by atoms with Crippen LogP contribution in [-0.4, -0.2) is 36.5 Å². The van der Waals surface area contributed by atoms with Crippen molar-refractivity contribution < 1.29 is 9.59 Å². The zero-order valence-corrected chi connectivity index (χ0v) is 11.9. The monoisotopic (exact) mass is 286 g/mol. The van der Waals surface area contributed by atoms with Crippen molar-refractivity contribution in [2.45, 2.75) is 25.3 Å². The van der Waals surface area contributed by atoms with Gasteiger partial charge in [0.15, 0.2) is 0 Å². The molecule has 110 valence electrons. The van der Waals surface area contributed by atoms with Gasteiger partial charge in [-0.3, -0.25) is 4.79 Å². The van der Waals surface area contributed by atoms with Crippen LogP contribution in [0.15, 0.2) is 24.3 Å². The second-order valence-corrected chi connectivity index (χ2v) is 4.93.